The Morgan fingerprint density at radius 2 is 2.05 bits per heavy atom. The third-order valence-corrected chi connectivity index (χ3v) is 4.33. The maximum atomic E-state index is 13.4. The average Bonchev–Trinajstić information content (AvgIpc) is 2.90. The van der Waals surface area contributed by atoms with Crippen LogP contribution in [0.5, 0.6) is 0 Å². The van der Waals surface area contributed by atoms with Gasteiger partial charge in [0.05, 0.1) is 4.90 Å². The van der Waals surface area contributed by atoms with E-state index in [9.17, 15) is 12.8 Å². The first-order chi connectivity index (χ1) is 9.53. The molecule has 4 N–H and O–H groups in total. The first kappa shape index (κ1) is 14.7. The molecule has 7 heteroatoms. The molecule has 0 aliphatic rings. The van der Waals surface area contributed by atoms with E-state index in [1.807, 2.05) is 0 Å². The lowest BCUT2D eigenvalue weighted by Gasteiger charge is -2.05. The summed E-state index contributed by atoms with van der Waals surface area (Å²) in [5.41, 5.74) is 6.53. The summed E-state index contributed by atoms with van der Waals surface area (Å²) in [5, 5.41) is 0. The SMILES string of the molecule is NCc1cc(S(=O)(=O)NCCc2ccccc2F)c[nH]1. The first-order valence-corrected chi connectivity index (χ1v) is 7.61. The maximum Gasteiger partial charge on any atom is 0.242 e. The van der Waals surface area contributed by atoms with Crippen molar-refractivity contribution in [2.75, 3.05) is 6.54 Å². The minimum Gasteiger partial charge on any atom is -0.363 e. The van der Waals surface area contributed by atoms with Gasteiger partial charge in [-0.1, -0.05) is 18.2 Å². The quantitative estimate of drug-likeness (QED) is 0.747. The fraction of sp³-hybridized carbons (Fsp3) is 0.231. The maximum absolute atomic E-state index is 13.4. The van der Waals surface area contributed by atoms with Crippen molar-refractivity contribution in [1.29, 1.82) is 0 Å². The molecule has 1 heterocycles. The van der Waals surface area contributed by atoms with Gasteiger partial charge in [-0.3, -0.25) is 0 Å². The number of sulfonamides is 1. The van der Waals surface area contributed by atoms with Crippen LogP contribution in [0, 0.1) is 5.82 Å². The number of rotatable bonds is 6. The largest absolute Gasteiger partial charge is 0.363 e. The first-order valence-electron chi connectivity index (χ1n) is 6.13. The number of aromatic amines is 1. The van der Waals surface area contributed by atoms with Gasteiger partial charge in [-0.2, -0.15) is 0 Å². The predicted octanol–water partition coefficient (Wildman–Crippen LogP) is 1.13. The highest BCUT2D eigenvalue weighted by Gasteiger charge is 2.15. The number of nitrogens with one attached hydrogen (secondary N) is 2. The monoisotopic (exact) mass is 297 g/mol. The van der Waals surface area contributed by atoms with Crippen LogP contribution < -0.4 is 10.5 Å². The third-order valence-electron chi connectivity index (χ3n) is 2.89. The molecule has 1 aromatic carbocycles. The van der Waals surface area contributed by atoms with Crippen LogP contribution in [0.1, 0.15) is 11.3 Å². The zero-order valence-corrected chi connectivity index (χ0v) is 11.6. The van der Waals surface area contributed by atoms with Crippen LogP contribution in [0.25, 0.3) is 0 Å². The van der Waals surface area contributed by atoms with Crippen LogP contribution in [0.3, 0.4) is 0 Å². The fourth-order valence-corrected chi connectivity index (χ4v) is 2.85. The molecular weight excluding hydrogens is 281 g/mol. The second kappa shape index (κ2) is 6.17. The predicted molar refractivity (Wildman–Crippen MR) is 74.0 cm³/mol. The summed E-state index contributed by atoms with van der Waals surface area (Å²) in [4.78, 5) is 2.91. The van der Waals surface area contributed by atoms with E-state index in [-0.39, 0.29) is 23.8 Å². The Balaban J connectivity index is 1.98. The molecule has 0 unspecified atom stereocenters. The van der Waals surface area contributed by atoms with Crippen molar-refractivity contribution >= 4 is 10.0 Å². The summed E-state index contributed by atoms with van der Waals surface area (Å²) in [5.74, 6) is -0.334. The highest BCUT2D eigenvalue weighted by Crippen LogP contribution is 2.11. The van der Waals surface area contributed by atoms with E-state index < -0.39 is 10.0 Å². The molecule has 0 aliphatic carbocycles. The Hall–Kier alpha value is -1.70. The van der Waals surface area contributed by atoms with E-state index in [0.29, 0.717) is 17.7 Å². The van der Waals surface area contributed by atoms with Gasteiger partial charge in [0.15, 0.2) is 0 Å². The number of hydrogen-bond donors (Lipinski definition) is 3. The minimum atomic E-state index is -3.59. The zero-order chi connectivity index (χ0) is 14.6. The Morgan fingerprint density at radius 3 is 2.70 bits per heavy atom. The van der Waals surface area contributed by atoms with E-state index >= 15 is 0 Å². The second-order valence-electron chi connectivity index (χ2n) is 4.30. The van der Waals surface area contributed by atoms with Crippen molar-refractivity contribution in [3.63, 3.8) is 0 Å². The van der Waals surface area contributed by atoms with Gasteiger partial charge < -0.3 is 10.7 Å². The van der Waals surface area contributed by atoms with E-state index in [1.54, 1.807) is 18.2 Å². The van der Waals surface area contributed by atoms with Crippen LogP contribution in [0.4, 0.5) is 4.39 Å². The molecule has 20 heavy (non-hydrogen) atoms. The van der Waals surface area contributed by atoms with Crippen LogP contribution in [0.2, 0.25) is 0 Å². The van der Waals surface area contributed by atoms with Crippen molar-refractivity contribution < 1.29 is 12.8 Å². The molecule has 2 rings (SSSR count). The van der Waals surface area contributed by atoms with Crippen molar-refractivity contribution in [1.82, 2.24) is 9.71 Å². The molecule has 5 nitrogen and oxygen atoms in total. The van der Waals surface area contributed by atoms with Gasteiger partial charge >= 0.3 is 0 Å². The average molecular weight is 297 g/mol. The van der Waals surface area contributed by atoms with Crippen molar-refractivity contribution in [2.24, 2.45) is 5.73 Å². The lowest BCUT2D eigenvalue weighted by molar-refractivity contribution is 0.577. The van der Waals surface area contributed by atoms with E-state index in [4.69, 9.17) is 5.73 Å². The standard InChI is InChI=1S/C13H16FN3O2S/c14-13-4-2-1-3-10(13)5-6-17-20(18,19)12-7-11(8-15)16-9-12/h1-4,7,9,16-17H,5-6,8,15H2. The normalized spacial score (nSPS) is 11.7. The Bertz CT molecular complexity index is 682. The van der Waals surface area contributed by atoms with Gasteiger partial charge in [-0.25, -0.2) is 17.5 Å². The molecule has 1 aromatic heterocycles. The molecule has 0 atom stereocenters. The van der Waals surface area contributed by atoms with Crippen molar-refractivity contribution in [3.05, 3.63) is 53.6 Å². The van der Waals surface area contributed by atoms with Crippen LogP contribution in [-0.2, 0) is 23.0 Å². The van der Waals surface area contributed by atoms with Crippen molar-refractivity contribution in [2.45, 2.75) is 17.9 Å². The summed E-state index contributed by atoms with van der Waals surface area (Å²) in [7, 11) is -3.59. The van der Waals surface area contributed by atoms with Crippen LogP contribution in [-0.4, -0.2) is 19.9 Å². The Kier molecular flexibility index (Phi) is 4.53. The highest BCUT2D eigenvalue weighted by molar-refractivity contribution is 7.89. The van der Waals surface area contributed by atoms with E-state index in [1.165, 1.54) is 18.3 Å². The lowest BCUT2D eigenvalue weighted by atomic mass is 10.1. The molecule has 0 saturated heterocycles. The smallest absolute Gasteiger partial charge is 0.242 e. The number of halogens is 1. The Morgan fingerprint density at radius 1 is 1.30 bits per heavy atom. The molecule has 2 aromatic rings. The van der Waals surface area contributed by atoms with Gasteiger partial charge in [0.2, 0.25) is 10.0 Å². The number of nitrogens with two attached hydrogens (primary N) is 1. The van der Waals surface area contributed by atoms with Gasteiger partial charge in [0, 0.05) is 25.0 Å². The fourth-order valence-electron chi connectivity index (χ4n) is 1.80. The minimum absolute atomic E-state index is 0.131. The highest BCUT2D eigenvalue weighted by atomic mass is 32.2. The molecule has 0 spiro atoms. The summed E-state index contributed by atoms with van der Waals surface area (Å²) in [6.07, 6.45) is 1.67. The Labute approximate surface area is 117 Å². The number of H-pyrrole nitrogens is 1. The van der Waals surface area contributed by atoms with Gasteiger partial charge in [0.25, 0.3) is 0 Å². The van der Waals surface area contributed by atoms with E-state index in [2.05, 4.69) is 9.71 Å². The number of benzene rings is 1. The lowest BCUT2D eigenvalue weighted by Crippen LogP contribution is -2.25. The van der Waals surface area contributed by atoms with Crippen molar-refractivity contribution in [3.8, 4) is 0 Å². The molecule has 0 bridgehead atoms. The molecular formula is C13H16FN3O2S. The topological polar surface area (TPSA) is 88.0 Å². The molecule has 0 radical (unpaired) electrons. The van der Waals surface area contributed by atoms with Gasteiger partial charge in [0.1, 0.15) is 5.82 Å². The third kappa shape index (κ3) is 3.44. The number of hydrogen-bond acceptors (Lipinski definition) is 3. The molecule has 0 amide bonds. The van der Waals surface area contributed by atoms with E-state index in [0.717, 1.165) is 0 Å². The second-order valence-corrected chi connectivity index (χ2v) is 6.07. The van der Waals surface area contributed by atoms with Gasteiger partial charge in [-0.15, -0.1) is 0 Å². The summed E-state index contributed by atoms with van der Waals surface area (Å²) in [6, 6.07) is 7.77. The van der Waals surface area contributed by atoms with Crippen LogP contribution >= 0.6 is 0 Å². The molecule has 0 saturated carbocycles. The summed E-state index contributed by atoms with van der Waals surface area (Å²) in [6.45, 7) is 0.372. The zero-order valence-electron chi connectivity index (χ0n) is 10.8. The molecule has 0 fully saturated rings. The van der Waals surface area contributed by atoms with Gasteiger partial charge in [-0.05, 0) is 24.1 Å². The molecule has 0 aliphatic heterocycles. The molecule has 108 valence electrons. The van der Waals surface area contributed by atoms with Crippen LogP contribution in [0.15, 0.2) is 41.4 Å². The number of aromatic nitrogens is 1. The summed E-state index contributed by atoms with van der Waals surface area (Å²) < 4.78 is 39.8. The summed E-state index contributed by atoms with van der Waals surface area (Å²) >= 11 is 0.